The molecule has 4 heteroatoms. The topological polar surface area (TPSA) is 64.3 Å². The van der Waals surface area contributed by atoms with Crippen LogP contribution in [0.1, 0.15) is 50.9 Å². The summed E-state index contributed by atoms with van der Waals surface area (Å²) in [6, 6.07) is 5.73. The Hall–Kier alpha value is -1.71. The van der Waals surface area contributed by atoms with E-state index in [0.29, 0.717) is 29.8 Å². The first-order valence-corrected chi connectivity index (χ1v) is 7.37. The molecule has 1 rings (SSSR count). The van der Waals surface area contributed by atoms with Crippen molar-refractivity contribution >= 4 is 17.3 Å². The summed E-state index contributed by atoms with van der Waals surface area (Å²) in [7, 11) is 0. The van der Waals surface area contributed by atoms with Crippen molar-refractivity contribution in [3.8, 4) is 0 Å². The van der Waals surface area contributed by atoms with Gasteiger partial charge in [-0.05, 0) is 31.9 Å². The van der Waals surface area contributed by atoms with Gasteiger partial charge in [0.1, 0.15) is 0 Å². The first-order chi connectivity index (χ1) is 9.54. The van der Waals surface area contributed by atoms with Crippen LogP contribution in [0.2, 0.25) is 0 Å². The van der Waals surface area contributed by atoms with Crippen LogP contribution >= 0.6 is 0 Å². The number of hydrogen-bond donors (Lipinski definition) is 2. The zero-order chi connectivity index (χ0) is 15.1. The van der Waals surface area contributed by atoms with Gasteiger partial charge >= 0.3 is 5.97 Å². The zero-order valence-electron chi connectivity index (χ0n) is 12.9. The Bertz CT molecular complexity index is 442. The molecule has 3 N–H and O–H groups in total. The van der Waals surface area contributed by atoms with E-state index in [-0.39, 0.29) is 5.97 Å². The van der Waals surface area contributed by atoms with E-state index in [1.165, 1.54) is 0 Å². The third kappa shape index (κ3) is 3.89. The molecule has 0 heterocycles. The van der Waals surface area contributed by atoms with Crippen LogP contribution in [0.25, 0.3) is 0 Å². The van der Waals surface area contributed by atoms with Gasteiger partial charge in [0.2, 0.25) is 0 Å². The van der Waals surface area contributed by atoms with Crippen molar-refractivity contribution in [1.29, 1.82) is 0 Å². The van der Waals surface area contributed by atoms with Gasteiger partial charge in [-0.15, -0.1) is 0 Å². The van der Waals surface area contributed by atoms with Crippen molar-refractivity contribution in [1.82, 2.24) is 0 Å². The Kier molecular flexibility index (Phi) is 6.36. The summed E-state index contributed by atoms with van der Waals surface area (Å²) in [5.41, 5.74) is 7.77. The fraction of sp³-hybridized carbons (Fsp3) is 0.562. The highest BCUT2D eigenvalue weighted by atomic mass is 16.5. The Morgan fingerprint density at radius 3 is 2.50 bits per heavy atom. The molecule has 4 nitrogen and oxygen atoms in total. The lowest BCUT2D eigenvalue weighted by atomic mass is 9.95. The van der Waals surface area contributed by atoms with Gasteiger partial charge in [-0.2, -0.15) is 0 Å². The van der Waals surface area contributed by atoms with Crippen molar-refractivity contribution in [2.45, 2.75) is 46.6 Å². The van der Waals surface area contributed by atoms with Crippen molar-refractivity contribution in [3.63, 3.8) is 0 Å². The highest BCUT2D eigenvalue weighted by Gasteiger charge is 2.17. The molecular formula is C16H26N2O2. The van der Waals surface area contributed by atoms with Crippen LogP contribution in [0.5, 0.6) is 0 Å². The lowest BCUT2D eigenvalue weighted by molar-refractivity contribution is 0.0527. The fourth-order valence-electron chi connectivity index (χ4n) is 2.44. The molecule has 0 aromatic heterocycles. The number of anilines is 2. The Morgan fingerprint density at radius 2 is 1.95 bits per heavy atom. The van der Waals surface area contributed by atoms with Crippen LogP contribution in [0.4, 0.5) is 11.4 Å². The molecule has 0 aliphatic carbocycles. The van der Waals surface area contributed by atoms with E-state index in [0.717, 1.165) is 18.5 Å². The molecule has 0 fully saturated rings. The Balaban J connectivity index is 2.91. The summed E-state index contributed by atoms with van der Waals surface area (Å²) in [5.74, 6) is 0.212. The number of ether oxygens (including phenoxy) is 1. The molecule has 1 atom stereocenters. The van der Waals surface area contributed by atoms with Crippen molar-refractivity contribution in [2.24, 2.45) is 5.92 Å². The molecule has 0 aliphatic heterocycles. The van der Waals surface area contributed by atoms with E-state index in [4.69, 9.17) is 10.5 Å². The molecule has 0 aliphatic rings. The smallest absolute Gasteiger partial charge is 0.340 e. The number of hydrogen-bond acceptors (Lipinski definition) is 4. The summed E-state index contributed by atoms with van der Waals surface area (Å²) in [6.45, 7) is 8.65. The summed E-state index contributed by atoms with van der Waals surface area (Å²) in [5, 5.41) is 3.42. The number of benzene rings is 1. The normalized spacial score (nSPS) is 12.2. The second-order valence-corrected chi connectivity index (χ2v) is 5.00. The maximum Gasteiger partial charge on any atom is 0.340 e. The molecule has 0 bridgehead atoms. The molecule has 0 saturated carbocycles. The van der Waals surface area contributed by atoms with Crippen LogP contribution in [-0.4, -0.2) is 18.6 Å². The van der Waals surface area contributed by atoms with Crippen LogP contribution in [0.15, 0.2) is 18.2 Å². The molecule has 0 saturated heterocycles. The predicted molar refractivity (Wildman–Crippen MR) is 84.0 cm³/mol. The van der Waals surface area contributed by atoms with Gasteiger partial charge in [0.15, 0.2) is 0 Å². The maximum atomic E-state index is 11.8. The summed E-state index contributed by atoms with van der Waals surface area (Å²) >= 11 is 0. The number of carbonyl (C=O) groups excluding carboxylic acids is 1. The number of esters is 1. The van der Waals surface area contributed by atoms with E-state index in [1.54, 1.807) is 13.0 Å². The summed E-state index contributed by atoms with van der Waals surface area (Å²) in [6.07, 6.45) is 2.23. The Morgan fingerprint density at radius 1 is 1.30 bits per heavy atom. The molecule has 1 aromatic rings. The van der Waals surface area contributed by atoms with Crippen molar-refractivity contribution < 1.29 is 9.53 Å². The molecule has 20 heavy (non-hydrogen) atoms. The number of carbonyl (C=O) groups is 1. The number of nitrogens with one attached hydrogen (secondary N) is 1. The summed E-state index contributed by atoms with van der Waals surface area (Å²) in [4.78, 5) is 11.8. The van der Waals surface area contributed by atoms with Crippen LogP contribution < -0.4 is 11.1 Å². The molecule has 1 aromatic carbocycles. The minimum atomic E-state index is -0.371. The van der Waals surface area contributed by atoms with Gasteiger partial charge in [-0.1, -0.05) is 32.8 Å². The lowest BCUT2D eigenvalue weighted by Gasteiger charge is -2.24. The molecule has 1 unspecified atom stereocenters. The molecule has 112 valence electrons. The van der Waals surface area contributed by atoms with Gasteiger partial charge in [-0.25, -0.2) is 4.79 Å². The number of para-hydroxylation sites is 1. The van der Waals surface area contributed by atoms with E-state index in [1.807, 2.05) is 12.1 Å². The molecule has 0 spiro atoms. The molecule has 0 amide bonds. The molecular weight excluding hydrogens is 252 g/mol. The minimum absolute atomic E-state index is 0.310. The van der Waals surface area contributed by atoms with E-state index in [9.17, 15) is 4.79 Å². The predicted octanol–water partition coefficient (Wildman–Crippen LogP) is 3.68. The molecule has 0 radical (unpaired) electrons. The van der Waals surface area contributed by atoms with E-state index >= 15 is 0 Å². The largest absolute Gasteiger partial charge is 0.462 e. The van der Waals surface area contributed by atoms with Crippen LogP contribution in [0.3, 0.4) is 0 Å². The first kappa shape index (κ1) is 16.3. The van der Waals surface area contributed by atoms with Crippen LogP contribution in [-0.2, 0) is 4.74 Å². The summed E-state index contributed by atoms with van der Waals surface area (Å²) < 4.78 is 5.01. The second-order valence-electron chi connectivity index (χ2n) is 5.00. The van der Waals surface area contributed by atoms with Gasteiger partial charge in [0, 0.05) is 6.04 Å². The highest BCUT2D eigenvalue weighted by Crippen LogP contribution is 2.26. The number of nitrogen functional groups attached to an aromatic ring is 1. The standard InChI is InChI=1S/C16H26N2O2/c1-5-12(6-2)11(4)18-14-10-8-9-13(15(14)17)16(19)20-7-3/h8-12,18H,5-7,17H2,1-4H3. The highest BCUT2D eigenvalue weighted by molar-refractivity contribution is 5.98. The first-order valence-electron chi connectivity index (χ1n) is 7.37. The zero-order valence-corrected chi connectivity index (χ0v) is 12.9. The monoisotopic (exact) mass is 278 g/mol. The average molecular weight is 278 g/mol. The van der Waals surface area contributed by atoms with Crippen LogP contribution in [0, 0.1) is 5.92 Å². The van der Waals surface area contributed by atoms with E-state index < -0.39 is 0 Å². The fourth-order valence-corrected chi connectivity index (χ4v) is 2.44. The number of nitrogens with two attached hydrogens (primary N) is 1. The number of rotatable bonds is 7. The SMILES string of the molecule is CCOC(=O)c1cccc(NC(C)C(CC)CC)c1N. The van der Waals surface area contributed by atoms with Gasteiger partial charge in [-0.3, -0.25) is 0 Å². The van der Waals surface area contributed by atoms with Crippen molar-refractivity contribution in [3.05, 3.63) is 23.8 Å². The van der Waals surface area contributed by atoms with Gasteiger partial charge in [0.05, 0.1) is 23.5 Å². The quantitative estimate of drug-likeness (QED) is 0.590. The second kappa shape index (κ2) is 7.78. The third-order valence-corrected chi connectivity index (χ3v) is 3.74. The average Bonchev–Trinajstić information content (AvgIpc) is 2.42. The van der Waals surface area contributed by atoms with Crippen molar-refractivity contribution in [2.75, 3.05) is 17.7 Å². The van der Waals surface area contributed by atoms with Gasteiger partial charge < -0.3 is 15.8 Å². The van der Waals surface area contributed by atoms with Gasteiger partial charge in [0.25, 0.3) is 0 Å². The Labute approximate surface area is 121 Å². The van der Waals surface area contributed by atoms with E-state index in [2.05, 4.69) is 26.1 Å². The lowest BCUT2D eigenvalue weighted by Crippen LogP contribution is -2.25. The minimum Gasteiger partial charge on any atom is -0.462 e. The third-order valence-electron chi connectivity index (χ3n) is 3.74. The maximum absolute atomic E-state index is 11.8.